The van der Waals surface area contributed by atoms with Gasteiger partial charge in [-0.25, -0.2) is 0 Å². The topological polar surface area (TPSA) is 107 Å². The lowest BCUT2D eigenvalue weighted by molar-refractivity contribution is -0.384. The van der Waals surface area contributed by atoms with Crippen LogP contribution in [0.4, 0.5) is 11.4 Å². The number of hydrogen-bond acceptors (Lipinski definition) is 4. The minimum Gasteiger partial charge on any atom is -0.369 e. The van der Waals surface area contributed by atoms with Crippen molar-refractivity contribution < 1.29 is 14.5 Å². The summed E-state index contributed by atoms with van der Waals surface area (Å²) >= 11 is 0. The Morgan fingerprint density at radius 1 is 1.19 bits per heavy atom. The zero-order valence-electron chi connectivity index (χ0n) is 14.5. The molecule has 2 amide bonds. The van der Waals surface area contributed by atoms with E-state index in [2.05, 4.69) is 0 Å². The molecule has 0 saturated carbocycles. The average Bonchev–Trinajstić information content (AvgIpc) is 2.94. The van der Waals surface area contributed by atoms with Crippen LogP contribution in [0.25, 0.3) is 0 Å². The van der Waals surface area contributed by atoms with E-state index in [9.17, 15) is 19.7 Å². The lowest BCUT2D eigenvalue weighted by Crippen LogP contribution is -2.33. The summed E-state index contributed by atoms with van der Waals surface area (Å²) in [5.74, 6) is -1.44. The van der Waals surface area contributed by atoms with Crippen molar-refractivity contribution in [3.05, 3.63) is 69.3 Å². The fraction of sp³-hybridized carbons (Fsp3) is 0.263. The van der Waals surface area contributed by atoms with Crippen molar-refractivity contribution >= 4 is 23.2 Å². The van der Waals surface area contributed by atoms with E-state index in [1.165, 1.54) is 12.1 Å². The number of rotatable bonds is 4. The van der Waals surface area contributed by atoms with Gasteiger partial charge in [0, 0.05) is 24.2 Å². The number of carbonyl (C=O) groups is 2. The second-order valence-electron chi connectivity index (χ2n) is 6.56. The Morgan fingerprint density at radius 3 is 2.42 bits per heavy atom. The molecule has 2 atom stereocenters. The molecule has 7 heteroatoms. The third kappa shape index (κ3) is 3.03. The van der Waals surface area contributed by atoms with Crippen LogP contribution >= 0.6 is 0 Å². The van der Waals surface area contributed by atoms with E-state index in [1.54, 1.807) is 17.0 Å². The van der Waals surface area contributed by atoms with Crippen molar-refractivity contribution in [1.29, 1.82) is 0 Å². The van der Waals surface area contributed by atoms with Crippen LogP contribution in [0.15, 0.2) is 42.5 Å². The van der Waals surface area contributed by atoms with Gasteiger partial charge in [0.05, 0.1) is 16.9 Å². The zero-order chi connectivity index (χ0) is 19.0. The summed E-state index contributed by atoms with van der Waals surface area (Å²) in [4.78, 5) is 36.7. The van der Waals surface area contributed by atoms with Gasteiger partial charge in [-0.1, -0.05) is 24.3 Å². The fourth-order valence-electron chi connectivity index (χ4n) is 3.43. The molecule has 26 heavy (non-hydrogen) atoms. The number of nitrogens with zero attached hydrogens (tertiary/aromatic N) is 2. The summed E-state index contributed by atoms with van der Waals surface area (Å²) in [5.41, 5.74) is 8.76. The number of carbonyl (C=O) groups excluding carboxylic acids is 2. The van der Waals surface area contributed by atoms with Crippen LogP contribution in [0.2, 0.25) is 0 Å². The van der Waals surface area contributed by atoms with Crippen molar-refractivity contribution in [1.82, 2.24) is 0 Å². The van der Waals surface area contributed by atoms with E-state index in [1.807, 2.05) is 32.0 Å². The van der Waals surface area contributed by atoms with Crippen LogP contribution in [-0.4, -0.2) is 16.7 Å². The number of primary amides is 1. The van der Waals surface area contributed by atoms with Gasteiger partial charge in [-0.05, 0) is 36.6 Å². The van der Waals surface area contributed by atoms with E-state index in [0.29, 0.717) is 5.56 Å². The predicted molar refractivity (Wildman–Crippen MR) is 96.5 cm³/mol. The van der Waals surface area contributed by atoms with E-state index in [-0.39, 0.29) is 18.0 Å². The molecule has 1 aliphatic heterocycles. The quantitative estimate of drug-likeness (QED) is 0.673. The average molecular weight is 353 g/mol. The second-order valence-corrected chi connectivity index (χ2v) is 6.56. The SMILES string of the molecule is Cc1ccc(C)c(N2C(=O)CC(C(N)=O)C2c2ccc([N+](=O)[O-])cc2)c1. The summed E-state index contributed by atoms with van der Waals surface area (Å²) < 4.78 is 0. The maximum absolute atomic E-state index is 12.7. The Morgan fingerprint density at radius 2 is 1.85 bits per heavy atom. The lowest BCUT2D eigenvalue weighted by Gasteiger charge is -2.29. The number of nitrogens with two attached hydrogens (primary N) is 1. The van der Waals surface area contributed by atoms with Crippen molar-refractivity contribution in [2.75, 3.05) is 4.90 Å². The Labute approximate surface area is 150 Å². The smallest absolute Gasteiger partial charge is 0.269 e. The highest BCUT2D eigenvalue weighted by Gasteiger charge is 2.44. The van der Waals surface area contributed by atoms with Gasteiger partial charge in [0.25, 0.3) is 5.69 Å². The van der Waals surface area contributed by atoms with Crippen LogP contribution in [-0.2, 0) is 9.59 Å². The maximum Gasteiger partial charge on any atom is 0.269 e. The summed E-state index contributed by atoms with van der Waals surface area (Å²) in [6.07, 6.45) is 0.0182. The molecular weight excluding hydrogens is 334 g/mol. The molecule has 0 spiro atoms. The standard InChI is InChI=1S/C19H19N3O4/c1-11-3-4-12(2)16(9-11)21-17(23)10-15(19(20)24)18(21)13-5-7-14(8-6-13)22(25)26/h3-9,15,18H,10H2,1-2H3,(H2,20,24). The first-order chi connectivity index (χ1) is 12.3. The van der Waals surface area contributed by atoms with Gasteiger partial charge in [-0.15, -0.1) is 0 Å². The van der Waals surface area contributed by atoms with E-state index >= 15 is 0 Å². The molecule has 3 rings (SSSR count). The zero-order valence-corrected chi connectivity index (χ0v) is 14.5. The molecule has 0 radical (unpaired) electrons. The number of benzene rings is 2. The predicted octanol–water partition coefficient (Wildman–Crippen LogP) is 2.79. The molecule has 2 unspecified atom stereocenters. The van der Waals surface area contributed by atoms with Crippen LogP contribution in [0, 0.1) is 29.9 Å². The first-order valence-electron chi connectivity index (χ1n) is 8.22. The second kappa shape index (κ2) is 6.59. The highest BCUT2D eigenvalue weighted by molar-refractivity contribution is 6.02. The molecule has 0 aliphatic carbocycles. The summed E-state index contributed by atoms with van der Waals surface area (Å²) in [6, 6.07) is 11.1. The fourth-order valence-corrected chi connectivity index (χ4v) is 3.43. The Balaban J connectivity index is 2.12. The number of nitro benzene ring substituents is 1. The highest BCUT2D eigenvalue weighted by atomic mass is 16.6. The molecule has 134 valence electrons. The van der Waals surface area contributed by atoms with Gasteiger partial charge < -0.3 is 10.6 Å². The monoisotopic (exact) mass is 353 g/mol. The number of hydrogen-bond donors (Lipinski definition) is 1. The molecule has 0 aromatic heterocycles. The van der Waals surface area contributed by atoms with Crippen LogP contribution in [0.1, 0.15) is 29.2 Å². The highest BCUT2D eigenvalue weighted by Crippen LogP contribution is 2.42. The molecule has 2 N–H and O–H groups in total. The van der Waals surface area contributed by atoms with Crippen molar-refractivity contribution in [2.45, 2.75) is 26.3 Å². The van der Waals surface area contributed by atoms with Crippen LogP contribution in [0.3, 0.4) is 0 Å². The Kier molecular flexibility index (Phi) is 4.46. The number of anilines is 1. The van der Waals surface area contributed by atoms with Gasteiger partial charge in [-0.2, -0.15) is 0 Å². The Bertz CT molecular complexity index is 892. The number of amides is 2. The molecule has 7 nitrogen and oxygen atoms in total. The normalized spacial score (nSPS) is 19.6. The summed E-state index contributed by atoms with van der Waals surface area (Å²) in [7, 11) is 0. The largest absolute Gasteiger partial charge is 0.369 e. The first kappa shape index (κ1) is 17.6. The van der Waals surface area contributed by atoms with Gasteiger partial charge in [0.1, 0.15) is 0 Å². The van der Waals surface area contributed by atoms with E-state index in [0.717, 1.165) is 16.8 Å². The third-order valence-corrected chi connectivity index (χ3v) is 4.76. The minimum absolute atomic E-state index is 0.0182. The van der Waals surface area contributed by atoms with Gasteiger partial charge in [0.15, 0.2) is 0 Å². The molecule has 2 aromatic carbocycles. The molecule has 0 bridgehead atoms. The van der Waals surface area contributed by atoms with E-state index in [4.69, 9.17) is 5.73 Å². The maximum atomic E-state index is 12.7. The van der Waals surface area contributed by atoms with Crippen molar-refractivity contribution in [3.63, 3.8) is 0 Å². The third-order valence-electron chi connectivity index (χ3n) is 4.76. The van der Waals surface area contributed by atoms with Crippen molar-refractivity contribution in [2.24, 2.45) is 11.7 Å². The first-order valence-corrected chi connectivity index (χ1v) is 8.22. The summed E-state index contributed by atoms with van der Waals surface area (Å²) in [6.45, 7) is 3.82. The molecule has 1 saturated heterocycles. The minimum atomic E-state index is -0.691. The number of aryl methyl sites for hydroxylation is 2. The number of non-ortho nitro benzene ring substituents is 1. The van der Waals surface area contributed by atoms with Gasteiger partial charge >= 0.3 is 0 Å². The van der Waals surface area contributed by atoms with Gasteiger partial charge in [-0.3, -0.25) is 19.7 Å². The Hall–Kier alpha value is -3.22. The molecular formula is C19H19N3O4. The van der Waals surface area contributed by atoms with Crippen LogP contribution < -0.4 is 10.6 Å². The summed E-state index contributed by atoms with van der Waals surface area (Å²) in [5, 5.41) is 10.9. The molecule has 1 fully saturated rings. The molecule has 1 aliphatic rings. The molecule has 1 heterocycles. The molecule has 2 aromatic rings. The number of nitro groups is 1. The van der Waals surface area contributed by atoms with Crippen molar-refractivity contribution in [3.8, 4) is 0 Å². The van der Waals surface area contributed by atoms with Gasteiger partial charge in [0.2, 0.25) is 11.8 Å². The lowest BCUT2D eigenvalue weighted by atomic mass is 9.92. The van der Waals surface area contributed by atoms with Crippen LogP contribution in [0.5, 0.6) is 0 Å². The van der Waals surface area contributed by atoms with E-state index < -0.39 is 22.8 Å².